The molecule has 74 heavy (non-hydrogen) atoms. The molecule has 20 radical (unpaired) electrons. The molecule has 0 atom stereocenters. The van der Waals surface area contributed by atoms with Crippen molar-refractivity contribution >= 4 is 44.1 Å². The van der Waals surface area contributed by atoms with Gasteiger partial charge in [0.25, 0.3) is 0 Å². The number of nitrogens with zero attached hydrogens (tertiary/aromatic N) is 8. The van der Waals surface area contributed by atoms with Crippen molar-refractivity contribution in [3.05, 3.63) is 249 Å². The van der Waals surface area contributed by atoms with Gasteiger partial charge in [-0.3, -0.25) is 0 Å². The van der Waals surface area contributed by atoms with Gasteiger partial charge in [0.05, 0.1) is 52.4 Å². The number of fused-ring (bicyclic) bond motifs is 4. The molecule has 0 amide bonds. The Labute approximate surface area is 531 Å². The topological polar surface area (TPSA) is 35.2 Å². The molecule has 12 rings (SSSR count). The van der Waals surface area contributed by atoms with E-state index >= 15 is 0 Å². The maximum Gasteiger partial charge on any atom is 2.00 e. The molecule has 14 heteroatoms. The zero-order chi connectivity index (χ0) is 45.5. The maximum absolute atomic E-state index is 2.42. The van der Waals surface area contributed by atoms with E-state index < -0.39 is 0 Å². The van der Waals surface area contributed by atoms with Gasteiger partial charge in [-0.25, -0.2) is 36.5 Å². The largest absolute Gasteiger partial charge is 2.00 e. The standard InChI is InChI=1S/2C30H30N4.2Fe.4HI/c2*1-2-12-25(11-1)21-33-23-31(27-15-5-7-17-29(27)33)19-9-10-20-32-24-34(22-26-13-3-4-14-26)30-18-8-6-16-28(30)32;;;;;;/h2*1-8,11-18,23-24H,9-10,19-22H2;;;4*1H/q4*+2;;;;/p-4. The van der Waals surface area contributed by atoms with Gasteiger partial charge in [-0.1, -0.05) is 48.5 Å². The molecule has 0 unspecified atom stereocenters. The summed E-state index contributed by atoms with van der Waals surface area (Å²) in [5, 5.41) is 0. The molecule has 0 spiro atoms. The van der Waals surface area contributed by atoms with Crippen LogP contribution in [0, 0.1) is 126 Å². The summed E-state index contributed by atoms with van der Waals surface area (Å²) in [5.74, 6) is 5.40. The predicted octanol–water partition coefficient (Wildman–Crippen LogP) is -3.07. The van der Waals surface area contributed by atoms with E-state index in [2.05, 4.69) is 262 Å². The van der Waals surface area contributed by atoms with E-state index in [0.717, 1.165) is 78.0 Å². The third kappa shape index (κ3) is 15.5. The number of rotatable bonds is 18. The summed E-state index contributed by atoms with van der Waals surface area (Å²) in [6.07, 6.45) is 48.2. The summed E-state index contributed by atoms with van der Waals surface area (Å²) < 4.78 is 19.2. The quantitative estimate of drug-likeness (QED) is 0.0380. The number of aryl methyl sites for hydroxylation is 4. The van der Waals surface area contributed by atoms with E-state index in [4.69, 9.17) is 0 Å². The Morgan fingerprint density at radius 3 is 0.662 bits per heavy atom. The second-order valence-electron chi connectivity index (χ2n) is 18.3. The van der Waals surface area contributed by atoms with E-state index in [9.17, 15) is 0 Å². The van der Waals surface area contributed by atoms with Crippen molar-refractivity contribution < 1.29 is 148 Å². The Bertz CT molecular complexity index is 2510. The molecule has 4 saturated carbocycles. The molecular formula is C60H60Fe2I4N8+4. The van der Waals surface area contributed by atoms with Crippen molar-refractivity contribution in [3.63, 3.8) is 0 Å². The van der Waals surface area contributed by atoms with Crippen molar-refractivity contribution in [1.29, 1.82) is 0 Å². The van der Waals surface area contributed by atoms with Gasteiger partial charge in [0.1, 0.15) is 0 Å². The SMILES string of the molecule is [CH]1[CH][CH][C](C[n+]2cn(CCCCn3c[n+](C[C]4[CH][CH][CH][CH]4)c4ccccc43)c3ccccc32)[CH]1.[CH]1[CH][CH][C](C[n+]2cn(CCCCn3c[n+](C[C]4[CH][CH][CH][CH]4)c4ccccc43)c3ccccc32)[CH]1.[Fe+2].[Fe+2].[I-].[I-].[I-].[I-]. The maximum atomic E-state index is 2.42. The zero-order valence-electron chi connectivity index (χ0n) is 41.1. The normalized spacial score (nSPS) is 16.1. The Kier molecular flexibility index (Phi) is 27.0. The predicted molar refractivity (Wildman–Crippen MR) is 269 cm³/mol. The second kappa shape index (κ2) is 31.5. The average molecular weight is 1510 g/mol. The molecule has 0 saturated heterocycles. The minimum absolute atomic E-state index is 0. The van der Waals surface area contributed by atoms with Crippen LogP contribution in [0.1, 0.15) is 25.7 Å². The van der Waals surface area contributed by atoms with Gasteiger partial charge in [-0.2, -0.15) is 0 Å². The van der Waals surface area contributed by atoms with Crippen molar-refractivity contribution in [2.75, 3.05) is 0 Å². The van der Waals surface area contributed by atoms with Crippen LogP contribution in [0.3, 0.4) is 0 Å². The van der Waals surface area contributed by atoms with Crippen LogP contribution in [0.15, 0.2) is 122 Å². The van der Waals surface area contributed by atoms with Crippen molar-refractivity contribution in [1.82, 2.24) is 18.3 Å². The van der Waals surface area contributed by atoms with Crippen LogP contribution in [0.25, 0.3) is 44.1 Å². The molecule has 8 nitrogen and oxygen atoms in total. The molecule has 4 aliphatic rings. The van der Waals surface area contributed by atoms with Crippen molar-refractivity contribution in [2.45, 2.75) is 78.0 Å². The third-order valence-corrected chi connectivity index (χ3v) is 13.6. The Morgan fingerprint density at radius 2 is 0.459 bits per heavy atom. The van der Waals surface area contributed by atoms with E-state index in [1.54, 1.807) is 0 Å². The second-order valence-corrected chi connectivity index (χ2v) is 18.3. The van der Waals surface area contributed by atoms with Gasteiger partial charge in [-0.05, 0) is 177 Å². The van der Waals surface area contributed by atoms with Crippen LogP contribution in [0.5, 0.6) is 0 Å². The van der Waals surface area contributed by atoms with E-state index in [1.807, 2.05) is 0 Å². The number of aromatic nitrogens is 8. The summed E-state index contributed by atoms with van der Waals surface area (Å²) in [6, 6.07) is 35.0. The average Bonchev–Trinajstić information content (AvgIpc) is 4.24. The van der Waals surface area contributed by atoms with Crippen LogP contribution in [-0.2, 0) is 86.5 Å². The minimum atomic E-state index is 0. The summed E-state index contributed by atoms with van der Waals surface area (Å²) in [4.78, 5) is 0. The molecule has 8 aromatic rings. The fourth-order valence-corrected chi connectivity index (χ4v) is 10.2. The third-order valence-electron chi connectivity index (χ3n) is 13.6. The summed E-state index contributed by atoms with van der Waals surface area (Å²) in [5.41, 5.74) is 10.5. The number of hydrogen-bond acceptors (Lipinski definition) is 0. The van der Waals surface area contributed by atoms with Gasteiger partial charge in [-0.15, -0.1) is 0 Å². The van der Waals surface area contributed by atoms with Crippen LogP contribution in [0.2, 0.25) is 0 Å². The summed E-state index contributed by atoms with van der Waals surface area (Å²) >= 11 is 0. The number of hydrogen-bond donors (Lipinski definition) is 0. The van der Waals surface area contributed by atoms with Crippen LogP contribution in [-0.4, -0.2) is 18.3 Å². The molecule has 0 bridgehead atoms. The van der Waals surface area contributed by atoms with E-state index in [0.29, 0.717) is 0 Å². The molecule has 4 heterocycles. The number of para-hydroxylation sites is 8. The van der Waals surface area contributed by atoms with Crippen LogP contribution >= 0.6 is 0 Å². The molecule has 4 aromatic heterocycles. The molecule has 4 aliphatic carbocycles. The summed E-state index contributed by atoms with van der Waals surface area (Å²) in [7, 11) is 0. The van der Waals surface area contributed by atoms with Gasteiger partial charge in [0, 0.05) is 23.7 Å². The van der Waals surface area contributed by atoms with Gasteiger partial charge in [0.2, 0.25) is 25.3 Å². The number of unbranched alkanes of at least 4 members (excludes halogenated alkanes) is 2. The molecule has 4 aromatic carbocycles. The fraction of sp³-hybridized carbons (Fsp3) is 0.200. The van der Waals surface area contributed by atoms with E-state index in [1.165, 1.54) is 67.8 Å². The van der Waals surface area contributed by atoms with Gasteiger partial charge < -0.3 is 95.9 Å². The number of benzene rings is 4. The minimum Gasteiger partial charge on any atom is -1.00 e. The molecule has 380 valence electrons. The first-order valence-electron chi connectivity index (χ1n) is 24.4. The zero-order valence-corrected chi connectivity index (χ0v) is 51.9. The van der Waals surface area contributed by atoms with Crippen molar-refractivity contribution in [2.24, 2.45) is 0 Å². The molecule has 0 aliphatic heterocycles. The van der Waals surface area contributed by atoms with Gasteiger partial charge >= 0.3 is 34.1 Å². The first-order valence-corrected chi connectivity index (χ1v) is 24.4. The Morgan fingerprint density at radius 1 is 0.270 bits per heavy atom. The smallest absolute Gasteiger partial charge is 1.00 e. The van der Waals surface area contributed by atoms with Crippen LogP contribution in [0.4, 0.5) is 0 Å². The first-order chi connectivity index (χ1) is 33.7. The molecule has 4 fully saturated rings. The molecular weight excluding hydrogens is 1450 g/mol. The number of imidazole rings is 4. The van der Waals surface area contributed by atoms with Crippen LogP contribution < -0.4 is 114 Å². The first kappa shape index (κ1) is 63.5. The number of halogens is 4. The van der Waals surface area contributed by atoms with Gasteiger partial charge in [0.15, 0.2) is 44.1 Å². The molecule has 0 N–H and O–H groups in total. The fourth-order valence-electron chi connectivity index (χ4n) is 10.2. The Hall–Kier alpha value is -1.28. The monoisotopic (exact) mass is 1510 g/mol. The van der Waals surface area contributed by atoms with Crippen molar-refractivity contribution in [3.8, 4) is 0 Å². The van der Waals surface area contributed by atoms with E-state index in [-0.39, 0.29) is 130 Å². The Balaban J connectivity index is 0.000000253. The summed E-state index contributed by atoms with van der Waals surface area (Å²) in [6.45, 7) is 7.78.